The first-order chi connectivity index (χ1) is 9.15. The van der Waals surface area contributed by atoms with Crippen LogP contribution in [0.4, 0.5) is 5.69 Å². The smallest absolute Gasteiger partial charge is 0.228 e. The standard InChI is InChI=1S/C17H18NO/c1-13(2)12-17(19)18-16-10-8-15(9-11-16)14-6-4-3-5-7-14/h3-13H,1-2H3,(H,18,19). The summed E-state index contributed by atoms with van der Waals surface area (Å²) < 4.78 is 0. The first-order valence-corrected chi connectivity index (χ1v) is 6.46. The monoisotopic (exact) mass is 252 g/mol. The summed E-state index contributed by atoms with van der Waals surface area (Å²) in [5.74, 6) is 0.200. The molecule has 0 saturated carbocycles. The molecule has 0 aliphatic rings. The van der Waals surface area contributed by atoms with Crippen LogP contribution < -0.4 is 5.32 Å². The van der Waals surface area contributed by atoms with Gasteiger partial charge < -0.3 is 5.32 Å². The lowest BCUT2D eigenvalue weighted by molar-refractivity contribution is -0.113. The SMILES string of the molecule is CC(C)[CH]C(=O)Nc1ccc(-c2ccccc2)cc1. The van der Waals surface area contributed by atoms with E-state index >= 15 is 0 Å². The van der Waals surface area contributed by atoms with E-state index in [1.165, 1.54) is 5.56 Å². The van der Waals surface area contributed by atoms with Gasteiger partial charge >= 0.3 is 0 Å². The third-order valence-corrected chi connectivity index (χ3v) is 2.74. The lowest BCUT2D eigenvalue weighted by Crippen LogP contribution is -2.14. The molecular formula is C17H18NO. The van der Waals surface area contributed by atoms with Crippen LogP contribution in [0.25, 0.3) is 11.1 Å². The van der Waals surface area contributed by atoms with E-state index in [1.807, 2.05) is 56.3 Å². The van der Waals surface area contributed by atoms with Crippen molar-refractivity contribution in [3.8, 4) is 11.1 Å². The minimum Gasteiger partial charge on any atom is -0.326 e. The molecule has 0 heterocycles. The summed E-state index contributed by atoms with van der Waals surface area (Å²) in [4.78, 5) is 11.6. The van der Waals surface area contributed by atoms with Crippen molar-refractivity contribution in [1.29, 1.82) is 0 Å². The van der Waals surface area contributed by atoms with Crippen molar-refractivity contribution in [2.75, 3.05) is 5.32 Å². The lowest BCUT2D eigenvalue weighted by atomic mass is 10.1. The highest BCUT2D eigenvalue weighted by Gasteiger charge is 2.05. The van der Waals surface area contributed by atoms with Crippen LogP contribution in [0.5, 0.6) is 0 Å². The molecule has 1 radical (unpaired) electrons. The zero-order chi connectivity index (χ0) is 13.7. The summed E-state index contributed by atoms with van der Waals surface area (Å²) in [5.41, 5.74) is 3.14. The number of anilines is 1. The van der Waals surface area contributed by atoms with E-state index in [1.54, 1.807) is 6.42 Å². The molecule has 0 aliphatic carbocycles. The Kier molecular flexibility index (Phi) is 4.35. The lowest BCUT2D eigenvalue weighted by Gasteiger charge is -2.08. The Morgan fingerprint density at radius 1 is 0.947 bits per heavy atom. The third kappa shape index (κ3) is 3.95. The van der Waals surface area contributed by atoms with Gasteiger partial charge in [-0.05, 0) is 29.2 Å². The largest absolute Gasteiger partial charge is 0.326 e. The molecular weight excluding hydrogens is 234 g/mol. The number of hydrogen-bond acceptors (Lipinski definition) is 1. The van der Waals surface area contributed by atoms with Gasteiger partial charge in [0.2, 0.25) is 5.91 Å². The number of benzene rings is 2. The highest BCUT2D eigenvalue weighted by atomic mass is 16.1. The summed E-state index contributed by atoms with van der Waals surface area (Å²) in [7, 11) is 0. The normalized spacial score (nSPS) is 10.5. The summed E-state index contributed by atoms with van der Waals surface area (Å²) in [6.45, 7) is 3.97. The number of hydrogen-bond donors (Lipinski definition) is 1. The van der Waals surface area contributed by atoms with Crippen LogP contribution in [0.2, 0.25) is 0 Å². The van der Waals surface area contributed by atoms with E-state index in [0.717, 1.165) is 11.3 Å². The highest BCUT2D eigenvalue weighted by Crippen LogP contribution is 2.21. The molecule has 0 bridgehead atoms. The van der Waals surface area contributed by atoms with Gasteiger partial charge in [-0.3, -0.25) is 4.79 Å². The second-order valence-corrected chi connectivity index (χ2v) is 4.84. The van der Waals surface area contributed by atoms with Crippen molar-refractivity contribution in [2.45, 2.75) is 13.8 Å². The molecule has 1 amide bonds. The Bertz CT molecular complexity index is 529. The molecule has 0 unspecified atom stereocenters. The van der Waals surface area contributed by atoms with Gasteiger partial charge in [0.1, 0.15) is 0 Å². The minimum absolute atomic E-state index is 0.0533. The summed E-state index contributed by atoms with van der Waals surface area (Å²) >= 11 is 0. The summed E-state index contributed by atoms with van der Waals surface area (Å²) in [5, 5.41) is 2.86. The van der Waals surface area contributed by atoms with Gasteiger partial charge in [-0.25, -0.2) is 0 Å². The van der Waals surface area contributed by atoms with Crippen LogP contribution in [0.3, 0.4) is 0 Å². The summed E-state index contributed by atoms with van der Waals surface area (Å²) in [6.07, 6.45) is 1.67. The topological polar surface area (TPSA) is 29.1 Å². The van der Waals surface area contributed by atoms with E-state index < -0.39 is 0 Å². The molecule has 0 aliphatic heterocycles. The molecule has 2 rings (SSSR count). The Morgan fingerprint density at radius 2 is 1.53 bits per heavy atom. The first kappa shape index (κ1) is 13.3. The van der Waals surface area contributed by atoms with Crippen molar-refractivity contribution in [3.05, 3.63) is 61.0 Å². The van der Waals surface area contributed by atoms with Crippen molar-refractivity contribution >= 4 is 11.6 Å². The van der Waals surface area contributed by atoms with Gasteiger partial charge in [0, 0.05) is 5.69 Å². The third-order valence-electron chi connectivity index (χ3n) is 2.74. The number of carbonyl (C=O) groups is 1. The maximum Gasteiger partial charge on any atom is 0.228 e. The predicted octanol–water partition coefficient (Wildman–Crippen LogP) is 4.15. The molecule has 0 atom stereocenters. The van der Waals surface area contributed by atoms with E-state index in [9.17, 15) is 4.79 Å². The molecule has 1 N–H and O–H groups in total. The molecule has 2 aromatic carbocycles. The summed E-state index contributed by atoms with van der Waals surface area (Å²) in [6, 6.07) is 18.1. The van der Waals surface area contributed by atoms with E-state index in [4.69, 9.17) is 0 Å². The molecule has 2 heteroatoms. The van der Waals surface area contributed by atoms with Crippen molar-refractivity contribution in [2.24, 2.45) is 5.92 Å². The van der Waals surface area contributed by atoms with Crippen LogP contribution in [-0.4, -0.2) is 5.91 Å². The number of nitrogens with one attached hydrogen (secondary N) is 1. The Morgan fingerprint density at radius 3 is 2.11 bits per heavy atom. The van der Waals surface area contributed by atoms with Crippen molar-refractivity contribution in [3.63, 3.8) is 0 Å². The van der Waals surface area contributed by atoms with Gasteiger partial charge in [0.15, 0.2) is 0 Å². The van der Waals surface area contributed by atoms with Crippen molar-refractivity contribution in [1.82, 2.24) is 0 Å². The quantitative estimate of drug-likeness (QED) is 0.870. The van der Waals surface area contributed by atoms with Gasteiger partial charge in [-0.15, -0.1) is 0 Å². The molecule has 97 valence electrons. The fraction of sp³-hybridized carbons (Fsp3) is 0.176. The Balaban J connectivity index is 2.05. The maximum absolute atomic E-state index is 11.6. The van der Waals surface area contributed by atoms with Crippen molar-refractivity contribution < 1.29 is 4.79 Å². The molecule has 19 heavy (non-hydrogen) atoms. The number of carbonyl (C=O) groups excluding carboxylic acids is 1. The fourth-order valence-corrected chi connectivity index (χ4v) is 1.86. The average Bonchev–Trinajstić information content (AvgIpc) is 2.39. The predicted molar refractivity (Wildman–Crippen MR) is 79.6 cm³/mol. The minimum atomic E-state index is -0.0533. The average molecular weight is 252 g/mol. The van der Waals surface area contributed by atoms with Gasteiger partial charge in [-0.1, -0.05) is 56.3 Å². The first-order valence-electron chi connectivity index (χ1n) is 6.46. The van der Waals surface area contributed by atoms with Crippen LogP contribution in [0.1, 0.15) is 13.8 Å². The number of amides is 1. The zero-order valence-electron chi connectivity index (χ0n) is 11.3. The molecule has 0 aromatic heterocycles. The van der Waals surface area contributed by atoms with Gasteiger partial charge in [-0.2, -0.15) is 0 Å². The van der Waals surface area contributed by atoms with E-state index in [0.29, 0.717) is 0 Å². The second-order valence-electron chi connectivity index (χ2n) is 4.84. The maximum atomic E-state index is 11.6. The Labute approximate surface area is 114 Å². The second kappa shape index (κ2) is 6.19. The molecule has 0 spiro atoms. The highest BCUT2D eigenvalue weighted by molar-refractivity contribution is 5.97. The molecule has 0 saturated heterocycles. The van der Waals surface area contributed by atoms with E-state index in [2.05, 4.69) is 17.4 Å². The zero-order valence-corrected chi connectivity index (χ0v) is 11.3. The van der Waals surface area contributed by atoms with Crippen LogP contribution in [-0.2, 0) is 4.79 Å². The van der Waals surface area contributed by atoms with E-state index in [-0.39, 0.29) is 11.8 Å². The molecule has 2 aromatic rings. The fourth-order valence-electron chi connectivity index (χ4n) is 1.86. The molecule has 0 fully saturated rings. The van der Waals surface area contributed by atoms with Gasteiger partial charge in [0.25, 0.3) is 0 Å². The molecule has 2 nitrogen and oxygen atoms in total. The van der Waals surface area contributed by atoms with Crippen LogP contribution in [0, 0.1) is 12.3 Å². The van der Waals surface area contributed by atoms with Gasteiger partial charge in [0.05, 0.1) is 6.42 Å². The van der Waals surface area contributed by atoms with Crippen LogP contribution in [0.15, 0.2) is 54.6 Å². The number of rotatable bonds is 4. The van der Waals surface area contributed by atoms with Crippen LogP contribution >= 0.6 is 0 Å². The Hall–Kier alpha value is -2.09.